The molecule has 0 spiro atoms. The van der Waals surface area contributed by atoms with Gasteiger partial charge in [0.1, 0.15) is 5.75 Å². The molecule has 0 atom stereocenters. The molecule has 2 aromatic carbocycles. The molecule has 0 amide bonds. The molecule has 0 aliphatic heterocycles. The van der Waals surface area contributed by atoms with Crippen LogP contribution in [0.1, 0.15) is 5.56 Å². The number of anilines is 2. The quantitative estimate of drug-likeness (QED) is 0.340. The van der Waals surface area contributed by atoms with Crippen LogP contribution in [0.15, 0.2) is 60.8 Å². The molecule has 2 N–H and O–H groups in total. The van der Waals surface area contributed by atoms with Crippen molar-refractivity contribution < 1.29 is 35.8 Å². The molecule has 0 bridgehead atoms. The maximum absolute atomic E-state index is 12.9. The van der Waals surface area contributed by atoms with Crippen molar-refractivity contribution in [2.75, 3.05) is 5.32 Å². The monoisotopic (exact) mass is 482 g/mol. The van der Waals surface area contributed by atoms with Crippen molar-refractivity contribution in [3.63, 3.8) is 0 Å². The van der Waals surface area contributed by atoms with Gasteiger partial charge >= 0.3 is 18.5 Å². The molecule has 8 nitrogen and oxygen atoms in total. The van der Waals surface area contributed by atoms with Crippen LogP contribution in [0.25, 0.3) is 11.4 Å². The minimum atomic E-state index is -4.95. The van der Waals surface area contributed by atoms with E-state index in [1.807, 2.05) is 0 Å². The van der Waals surface area contributed by atoms with Gasteiger partial charge in [0.05, 0.1) is 5.56 Å². The predicted octanol–water partition coefficient (Wildman–Crippen LogP) is 5.72. The number of nitrogens with zero attached hydrogens (tertiary/aromatic N) is 4. The largest absolute Gasteiger partial charge is 0.575 e. The van der Waals surface area contributed by atoms with Crippen LogP contribution in [0.3, 0.4) is 0 Å². The zero-order valence-corrected chi connectivity index (χ0v) is 16.6. The number of aromatic amines is 1. The van der Waals surface area contributed by atoms with Crippen molar-refractivity contribution >= 4 is 11.6 Å². The van der Waals surface area contributed by atoms with E-state index < -0.39 is 24.1 Å². The van der Waals surface area contributed by atoms with Crippen molar-refractivity contribution in [2.45, 2.75) is 12.5 Å². The molecule has 0 fully saturated rings. The van der Waals surface area contributed by atoms with Gasteiger partial charge in [-0.3, -0.25) is 0 Å². The summed E-state index contributed by atoms with van der Waals surface area (Å²) in [4.78, 5) is 9.71. The Morgan fingerprint density at radius 3 is 2.44 bits per heavy atom. The normalized spacial score (nSPS) is 11.8. The number of hydrogen-bond donors (Lipinski definition) is 2. The lowest BCUT2D eigenvalue weighted by Gasteiger charge is -2.09. The second-order valence-corrected chi connectivity index (χ2v) is 6.58. The summed E-state index contributed by atoms with van der Waals surface area (Å²) >= 11 is 0. The molecule has 0 radical (unpaired) electrons. The number of rotatable bonds is 6. The average Bonchev–Trinajstić information content (AvgIpc) is 3.21. The van der Waals surface area contributed by atoms with E-state index in [2.05, 4.69) is 35.2 Å². The van der Waals surface area contributed by atoms with Crippen molar-refractivity contribution in [3.8, 4) is 29.0 Å². The highest BCUT2D eigenvalue weighted by molar-refractivity contribution is 5.61. The summed E-state index contributed by atoms with van der Waals surface area (Å²) in [6.07, 6.45) is -8.41. The van der Waals surface area contributed by atoms with E-state index in [0.717, 1.165) is 18.3 Å². The molecule has 14 heteroatoms. The summed E-state index contributed by atoms with van der Waals surface area (Å²) in [7, 11) is 0. The Balaban J connectivity index is 1.49. The van der Waals surface area contributed by atoms with Gasteiger partial charge in [-0.25, -0.2) is 4.98 Å². The van der Waals surface area contributed by atoms with Crippen LogP contribution >= 0.6 is 0 Å². The maximum Gasteiger partial charge on any atom is 0.575 e. The third-order valence-electron chi connectivity index (χ3n) is 4.08. The molecule has 2 heterocycles. The van der Waals surface area contributed by atoms with Crippen LogP contribution in [0.2, 0.25) is 0 Å². The Hall–Kier alpha value is -4.36. The van der Waals surface area contributed by atoms with E-state index in [4.69, 9.17) is 4.74 Å². The highest BCUT2D eigenvalue weighted by atomic mass is 19.4. The summed E-state index contributed by atoms with van der Waals surface area (Å²) in [5, 5.41) is 10.5. The Morgan fingerprint density at radius 2 is 1.68 bits per heavy atom. The predicted molar refractivity (Wildman–Crippen MR) is 105 cm³/mol. The van der Waals surface area contributed by atoms with Gasteiger partial charge in [-0.1, -0.05) is 18.2 Å². The van der Waals surface area contributed by atoms with E-state index >= 15 is 0 Å². The molecule has 2 aromatic heterocycles. The van der Waals surface area contributed by atoms with Gasteiger partial charge in [0, 0.05) is 23.5 Å². The highest BCUT2D eigenvalue weighted by Crippen LogP contribution is 2.31. The number of benzene rings is 2. The second-order valence-electron chi connectivity index (χ2n) is 6.58. The summed E-state index contributed by atoms with van der Waals surface area (Å²) in [6, 6.07) is 11.1. The van der Waals surface area contributed by atoms with E-state index in [-0.39, 0.29) is 29.1 Å². The fourth-order valence-corrected chi connectivity index (χ4v) is 2.72. The minimum Gasteiger partial charge on any atom is -0.439 e. The van der Waals surface area contributed by atoms with E-state index in [0.29, 0.717) is 5.56 Å². The third kappa shape index (κ3) is 5.90. The van der Waals surface area contributed by atoms with E-state index in [1.54, 1.807) is 12.1 Å². The van der Waals surface area contributed by atoms with Crippen LogP contribution < -0.4 is 14.8 Å². The first kappa shape index (κ1) is 22.8. The van der Waals surface area contributed by atoms with Crippen LogP contribution in [0, 0.1) is 0 Å². The highest BCUT2D eigenvalue weighted by Gasteiger charge is 2.33. The number of ether oxygens (including phenoxy) is 2. The fraction of sp³-hybridized carbons (Fsp3) is 0.100. The summed E-state index contributed by atoms with van der Waals surface area (Å²) in [6.45, 7) is 0. The molecular formula is C20H12F6N6O2. The smallest absolute Gasteiger partial charge is 0.439 e. The molecule has 0 saturated carbocycles. The molecule has 4 aromatic rings. The zero-order chi connectivity index (χ0) is 24.3. The van der Waals surface area contributed by atoms with Gasteiger partial charge in [0.15, 0.2) is 5.82 Å². The van der Waals surface area contributed by atoms with Gasteiger partial charge in [-0.2, -0.15) is 18.2 Å². The standard InChI is InChI=1S/C20H12F6N6O2/c21-19(22,23)12-4-2-5-13(10-12)28-17-30-16(31-32-17)11-3-1-6-14(9-11)33-15-7-8-27-18(29-15)34-20(24,25)26/h1-10H,(H2,28,30,31,32). The van der Waals surface area contributed by atoms with Crippen molar-refractivity contribution in [2.24, 2.45) is 0 Å². The number of halogens is 6. The Kier molecular flexibility index (Phi) is 5.96. The van der Waals surface area contributed by atoms with Gasteiger partial charge < -0.3 is 19.8 Å². The molecule has 34 heavy (non-hydrogen) atoms. The SMILES string of the molecule is FC(F)(F)Oc1nccc(Oc2cccc(-c3nnc(Nc4cccc(C(F)(F)F)c4)[nH]3)c2)n1. The first-order valence-corrected chi connectivity index (χ1v) is 9.29. The summed E-state index contributed by atoms with van der Waals surface area (Å²) < 4.78 is 84.8. The topological polar surface area (TPSA) is 97.8 Å². The van der Waals surface area contributed by atoms with Gasteiger partial charge in [-0.15, -0.1) is 23.4 Å². The van der Waals surface area contributed by atoms with Crippen LogP contribution in [-0.2, 0) is 6.18 Å². The van der Waals surface area contributed by atoms with Gasteiger partial charge in [0.25, 0.3) is 0 Å². The number of nitrogens with one attached hydrogen (secondary N) is 2. The fourth-order valence-electron chi connectivity index (χ4n) is 2.72. The second kappa shape index (κ2) is 8.88. The van der Waals surface area contributed by atoms with Crippen molar-refractivity contribution in [3.05, 3.63) is 66.4 Å². The first-order chi connectivity index (χ1) is 16.0. The lowest BCUT2D eigenvalue weighted by atomic mass is 10.2. The van der Waals surface area contributed by atoms with Crippen molar-refractivity contribution in [1.29, 1.82) is 0 Å². The molecule has 4 rings (SSSR count). The average molecular weight is 482 g/mol. The van der Waals surface area contributed by atoms with Crippen LogP contribution in [0.4, 0.5) is 38.0 Å². The van der Waals surface area contributed by atoms with Crippen LogP contribution in [-0.4, -0.2) is 31.5 Å². The van der Waals surface area contributed by atoms with E-state index in [1.165, 1.54) is 30.3 Å². The molecular weight excluding hydrogens is 470 g/mol. The molecule has 0 saturated heterocycles. The molecule has 0 aliphatic carbocycles. The molecule has 176 valence electrons. The molecule has 0 aliphatic rings. The maximum atomic E-state index is 12.9. The summed E-state index contributed by atoms with van der Waals surface area (Å²) in [5.74, 6) is 0.350. The number of aromatic nitrogens is 5. The lowest BCUT2D eigenvalue weighted by Crippen LogP contribution is -2.18. The number of alkyl halides is 6. The Labute approximate surface area is 186 Å². The molecule has 0 unspecified atom stereocenters. The van der Waals surface area contributed by atoms with E-state index in [9.17, 15) is 26.3 Å². The zero-order valence-electron chi connectivity index (χ0n) is 16.6. The van der Waals surface area contributed by atoms with Crippen molar-refractivity contribution in [1.82, 2.24) is 25.1 Å². The summed E-state index contributed by atoms with van der Waals surface area (Å²) in [5.41, 5.74) is -0.200. The van der Waals surface area contributed by atoms with Gasteiger partial charge in [-0.05, 0) is 30.3 Å². The first-order valence-electron chi connectivity index (χ1n) is 9.29. The minimum absolute atomic E-state index is 0.0883. The Morgan fingerprint density at radius 1 is 0.882 bits per heavy atom. The Bertz CT molecular complexity index is 1290. The van der Waals surface area contributed by atoms with Gasteiger partial charge in [0.2, 0.25) is 11.8 Å². The van der Waals surface area contributed by atoms with Crippen LogP contribution in [0.5, 0.6) is 17.6 Å². The number of H-pyrrole nitrogens is 1. The third-order valence-corrected chi connectivity index (χ3v) is 4.08. The number of hydrogen-bond acceptors (Lipinski definition) is 7. The lowest BCUT2D eigenvalue weighted by molar-refractivity contribution is -0.277.